The van der Waals surface area contributed by atoms with Crippen LogP contribution in [0, 0.1) is 5.82 Å². The van der Waals surface area contributed by atoms with Crippen molar-refractivity contribution in [2.45, 2.75) is 0 Å². The first-order valence-corrected chi connectivity index (χ1v) is 5.82. The molecule has 2 rings (SSSR count). The van der Waals surface area contributed by atoms with Crippen molar-refractivity contribution in [1.29, 1.82) is 0 Å². The Balaban J connectivity index is 2.45. The summed E-state index contributed by atoms with van der Waals surface area (Å²) < 4.78 is 14.3. The summed E-state index contributed by atoms with van der Waals surface area (Å²) in [5.41, 5.74) is 6.54. The molecule has 84 valence electrons. The predicted octanol–water partition coefficient (Wildman–Crippen LogP) is 3.89. The monoisotopic (exact) mass is 256 g/mol. The molecule has 0 atom stereocenters. The van der Waals surface area contributed by atoms with Gasteiger partial charge in [-0.2, -0.15) is 0 Å². The first-order chi connectivity index (χ1) is 7.59. The number of benzene rings is 1. The predicted molar refractivity (Wildman–Crippen MR) is 68.2 cm³/mol. The molecule has 1 heterocycles. The summed E-state index contributed by atoms with van der Waals surface area (Å²) in [5, 5.41) is 0.849. The third kappa shape index (κ3) is 1.99. The normalized spacial score (nSPS) is 10.4. The van der Waals surface area contributed by atoms with Crippen molar-refractivity contribution >= 4 is 39.3 Å². The second-order valence-corrected chi connectivity index (χ2v) is 5.01. The molecule has 0 bridgehead atoms. The number of hydrogen-bond donors (Lipinski definition) is 1. The number of nitrogen functional groups attached to an aromatic ring is 1. The minimum atomic E-state index is -0.341. The molecule has 0 saturated carbocycles. The first-order valence-electron chi connectivity index (χ1n) is 4.62. The zero-order valence-corrected chi connectivity index (χ0v) is 10.1. The van der Waals surface area contributed by atoms with E-state index in [4.69, 9.17) is 17.3 Å². The highest BCUT2D eigenvalue weighted by atomic mass is 35.5. The van der Waals surface area contributed by atoms with Gasteiger partial charge in [-0.1, -0.05) is 17.7 Å². The smallest absolute Gasteiger partial charge is 0.148 e. The Hall–Kier alpha value is -1.26. The molecule has 0 radical (unpaired) electrons. The van der Waals surface area contributed by atoms with E-state index in [-0.39, 0.29) is 5.82 Å². The lowest BCUT2D eigenvalue weighted by Crippen LogP contribution is -2.12. The van der Waals surface area contributed by atoms with Crippen molar-refractivity contribution in [1.82, 2.24) is 0 Å². The van der Waals surface area contributed by atoms with E-state index in [1.54, 1.807) is 30.1 Å². The summed E-state index contributed by atoms with van der Waals surface area (Å²) in [5.74, 6) is -0.341. The van der Waals surface area contributed by atoms with Crippen LogP contribution >= 0.6 is 22.9 Å². The fourth-order valence-corrected chi connectivity index (χ4v) is 2.48. The maximum atomic E-state index is 13.6. The molecule has 2 nitrogen and oxygen atoms in total. The van der Waals surface area contributed by atoms with Crippen LogP contribution in [0.25, 0.3) is 0 Å². The van der Waals surface area contributed by atoms with Gasteiger partial charge in [-0.25, -0.2) is 4.39 Å². The Morgan fingerprint density at radius 2 is 2.06 bits per heavy atom. The minimum Gasteiger partial charge on any atom is -0.397 e. The van der Waals surface area contributed by atoms with Crippen molar-refractivity contribution < 1.29 is 4.39 Å². The minimum absolute atomic E-state index is 0.341. The van der Waals surface area contributed by atoms with Crippen LogP contribution in [0.3, 0.4) is 0 Å². The number of anilines is 3. The first kappa shape index (κ1) is 11.2. The largest absolute Gasteiger partial charge is 0.397 e. The molecule has 0 unspecified atom stereocenters. The maximum absolute atomic E-state index is 13.6. The number of thiophene rings is 1. The number of para-hydroxylation sites is 1. The Labute approximate surface area is 102 Å². The van der Waals surface area contributed by atoms with Crippen molar-refractivity contribution in [3.63, 3.8) is 0 Å². The maximum Gasteiger partial charge on any atom is 0.148 e. The Morgan fingerprint density at radius 3 is 2.62 bits per heavy atom. The van der Waals surface area contributed by atoms with Crippen molar-refractivity contribution in [3.05, 3.63) is 40.5 Å². The topological polar surface area (TPSA) is 29.3 Å². The Kier molecular flexibility index (Phi) is 3.03. The summed E-state index contributed by atoms with van der Waals surface area (Å²) >= 11 is 7.22. The molecular formula is C11H10ClFN2S. The molecule has 1 aromatic heterocycles. The number of nitrogens with two attached hydrogens (primary N) is 1. The summed E-state index contributed by atoms with van der Waals surface area (Å²) in [6.45, 7) is 0. The van der Waals surface area contributed by atoms with E-state index in [1.807, 2.05) is 6.07 Å². The van der Waals surface area contributed by atoms with Crippen LogP contribution in [-0.4, -0.2) is 7.05 Å². The third-order valence-electron chi connectivity index (χ3n) is 2.24. The Morgan fingerprint density at radius 1 is 1.31 bits per heavy atom. The Bertz CT molecular complexity index is 492. The van der Waals surface area contributed by atoms with Gasteiger partial charge in [0.2, 0.25) is 0 Å². The van der Waals surface area contributed by atoms with Gasteiger partial charge >= 0.3 is 0 Å². The van der Waals surface area contributed by atoms with E-state index >= 15 is 0 Å². The lowest BCUT2D eigenvalue weighted by Gasteiger charge is -2.19. The van der Waals surface area contributed by atoms with E-state index < -0.39 is 0 Å². The van der Waals surface area contributed by atoms with Crippen molar-refractivity contribution in [2.24, 2.45) is 0 Å². The van der Waals surface area contributed by atoms with Crippen LogP contribution in [0.5, 0.6) is 0 Å². The third-order valence-corrected chi connectivity index (χ3v) is 3.55. The second-order valence-electron chi connectivity index (χ2n) is 3.31. The molecule has 0 amide bonds. The van der Waals surface area contributed by atoms with Crippen molar-refractivity contribution in [3.8, 4) is 0 Å². The van der Waals surface area contributed by atoms with Gasteiger partial charge in [-0.3, -0.25) is 0 Å². The van der Waals surface area contributed by atoms with Gasteiger partial charge in [0.05, 0.1) is 15.0 Å². The summed E-state index contributed by atoms with van der Waals surface area (Å²) in [6, 6.07) is 8.25. The van der Waals surface area contributed by atoms with Gasteiger partial charge in [0.15, 0.2) is 0 Å². The van der Waals surface area contributed by atoms with E-state index in [1.165, 1.54) is 17.4 Å². The fraction of sp³-hybridized carbons (Fsp3) is 0.0909. The molecule has 0 aliphatic rings. The molecule has 0 spiro atoms. The molecule has 0 saturated heterocycles. The van der Waals surface area contributed by atoms with E-state index in [2.05, 4.69) is 0 Å². The van der Waals surface area contributed by atoms with Crippen LogP contribution in [0.4, 0.5) is 20.8 Å². The summed E-state index contributed by atoms with van der Waals surface area (Å²) in [6.07, 6.45) is 0. The molecular weight excluding hydrogens is 247 g/mol. The molecule has 0 aliphatic heterocycles. The lowest BCUT2D eigenvalue weighted by molar-refractivity contribution is 0.628. The van der Waals surface area contributed by atoms with Crippen LogP contribution in [-0.2, 0) is 0 Å². The highest BCUT2D eigenvalue weighted by molar-refractivity contribution is 7.20. The standard InChI is InChI=1S/C11H10ClFN2S/c1-15(10-6-5-9(12)16-10)11-7(13)3-2-4-8(11)14/h2-6H,14H2,1H3. The number of rotatable bonds is 2. The van der Waals surface area contributed by atoms with E-state index in [0.29, 0.717) is 15.7 Å². The van der Waals surface area contributed by atoms with Gasteiger partial charge in [0.1, 0.15) is 11.5 Å². The number of halogens is 2. The zero-order valence-electron chi connectivity index (χ0n) is 8.58. The van der Waals surface area contributed by atoms with Crippen molar-refractivity contribution in [2.75, 3.05) is 17.7 Å². The average Bonchev–Trinajstić information content (AvgIpc) is 2.64. The number of nitrogens with zero attached hydrogens (tertiary/aromatic N) is 1. The van der Waals surface area contributed by atoms with Gasteiger partial charge in [0, 0.05) is 7.05 Å². The second kappa shape index (κ2) is 4.31. The van der Waals surface area contributed by atoms with Crippen LogP contribution in [0.2, 0.25) is 4.34 Å². The summed E-state index contributed by atoms with van der Waals surface area (Å²) in [7, 11) is 1.76. The molecule has 0 fully saturated rings. The number of hydrogen-bond acceptors (Lipinski definition) is 3. The molecule has 0 aliphatic carbocycles. The summed E-state index contributed by atoms with van der Waals surface area (Å²) in [4.78, 5) is 1.70. The van der Waals surface area contributed by atoms with Gasteiger partial charge < -0.3 is 10.6 Å². The molecule has 2 N–H and O–H groups in total. The molecule has 1 aromatic carbocycles. The average molecular weight is 257 g/mol. The highest BCUT2D eigenvalue weighted by Crippen LogP contribution is 2.36. The van der Waals surface area contributed by atoms with E-state index in [0.717, 1.165) is 5.00 Å². The molecule has 5 heteroatoms. The highest BCUT2D eigenvalue weighted by Gasteiger charge is 2.14. The molecule has 16 heavy (non-hydrogen) atoms. The lowest BCUT2D eigenvalue weighted by atomic mass is 10.2. The van der Waals surface area contributed by atoms with Crippen LogP contribution < -0.4 is 10.6 Å². The van der Waals surface area contributed by atoms with Crippen LogP contribution in [0.15, 0.2) is 30.3 Å². The quantitative estimate of drug-likeness (QED) is 0.826. The van der Waals surface area contributed by atoms with Gasteiger partial charge in [-0.15, -0.1) is 11.3 Å². The molecule has 2 aromatic rings. The van der Waals surface area contributed by atoms with Crippen LogP contribution in [0.1, 0.15) is 0 Å². The van der Waals surface area contributed by atoms with Gasteiger partial charge in [-0.05, 0) is 24.3 Å². The fourth-order valence-electron chi connectivity index (χ4n) is 1.48. The van der Waals surface area contributed by atoms with Gasteiger partial charge in [0.25, 0.3) is 0 Å². The zero-order chi connectivity index (χ0) is 11.7. The van der Waals surface area contributed by atoms with E-state index in [9.17, 15) is 4.39 Å². The SMILES string of the molecule is CN(c1ccc(Cl)s1)c1c(N)cccc1F.